The second kappa shape index (κ2) is 3.47. The second-order valence-electron chi connectivity index (χ2n) is 3.04. The molecule has 0 heterocycles. The van der Waals surface area contributed by atoms with Gasteiger partial charge < -0.3 is 5.11 Å². The lowest BCUT2D eigenvalue weighted by atomic mass is 10.1. The van der Waals surface area contributed by atoms with E-state index in [1.54, 1.807) is 31.2 Å². The first-order valence-corrected chi connectivity index (χ1v) is 5.81. The molecule has 1 unspecified atom stereocenters. The summed E-state index contributed by atoms with van der Waals surface area (Å²) in [5.74, 6) is 0. The molecule has 13 heavy (non-hydrogen) atoms. The number of aliphatic hydroxyl groups is 1. The Morgan fingerprint density at radius 3 is 2.31 bits per heavy atom. The van der Waals surface area contributed by atoms with Crippen LogP contribution in [0.3, 0.4) is 0 Å². The van der Waals surface area contributed by atoms with Gasteiger partial charge in [-0.3, -0.25) is 0 Å². The molecule has 1 N–H and O–H groups in total. The van der Waals surface area contributed by atoms with Crippen molar-refractivity contribution < 1.29 is 13.5 Å². The molecule has 0 saturated heterocycles. The molecule has 0 aromatic heterocycles. The molecule has 1 atom stereocenters. The van der Waals surface area contributed by atoms with Crippen LogP contribution in [-0.2, 0) is 9.84 Å². The molecule has 4 heteroatoms. The van der Waals surface area contributed by atoms with Crippen molar-refractivity contribution in [3.8, 4) is 0 Å². The summed E-state index contributed by atoms with van der Waals surface area (Å²) in [6, 6.07) is 6.88. The SMILES string of the molecule is Cc1ccccc1C(O)S(C)(=O)=O. The normalized spacial score (nSPS) is 14.1. The zero-order valence-electron chi connectivity index (χ0n) is 7.56. The average Bonchev–Trinajstić information content (AvgIpc) is 2.02. The quantitative estimate of drug-likeness (QED) is 0.775. The fourth-order valence-corrected chi connectivity index (χ4v) is 1.82. The molecule has 0 aliphatic heterocycles. The summed E-state index contributed by atoms with van der Waals surface area (Å²) in [5.41, 5.74) is -0.181. The molecule has 0 bridgehead atoms. The maximum atomic E-state index is 11.0. The molecule has 0 aliphatic carbocycles. The lowest BCUT2D eigenvalue weighted by molar-refractivity contribution is 0.255. The van der Waals surface area contributed by atoms with Gasteiger partial charge in [-0.1, -0.05) is 24.3 Å². The first-order chi connectivity index (χ1) is 5.93. The summed E-state index contributed by atoms with van der Waals surface area (Å²) in [4.78, 5) is 0. The predicted molar refractivity (Wildman–Crippen MR) is 51.0 cm³/mol. The van der Waals surface area contributed by atoms with Gasteiger partial charge in [-0.15, -0.1) is 0 Å². The van der Waals surface area contributed by atoms with Crippen LogP contribution in [0.1, 0.15) is 16.6 Å². The molecule has 0 saturated carbocycles. The summed E-state index contributed by atoms with van der Waals surface area (Å²) in [5, 5.41) is 9.45. The maximum Gasteiger partial charge on any atom is 0.180 e. The molecular weight excluding hydrogens is 188 g/mol. The highest BCUT2D eigenvalue weighted by atomic mass is 32.2. The van der Waals surface area contributed by atoms with Crippen LogP contribution in [-0.4, -0.2) is 19.8 Å². The summed E-state index contributed by atoms with van der Waals surface area (Å²) in [6.07, 6.45) is 1.02. The van der Waals surface area contributed by atoms with Crippen LogP contribution in [0, 0.1) is 6.92 Å². The van der Waals surface area contributed by atoms with Crippen molar-refractivity contribution in [1.82, 2.24) is 0 Å². The number of aryl methyl sites for hydroxylation is 1. The van der Waals surface area contributed by atoms with Crippen molar-refractivity contribution in [3.05, 3.63) is 35.4 Å². The Balaban J connectivity index is 3.17. The Hall–Kier alpha value is -0.870. The largest absolute Gasteiger partial charge is 0.373 e. The summed E-state index contributed by atoms with van der Waals surface area (Å²) < 4.78 is 22.1. The minimum absolute atomic E-state index is 0.449. The third kappa shape index (κ3) is 2.29. The van der Waals surface area contributed by atoms with Crippen LogP contribution in [0.5, 0.6) is 0 Å². The maximum absolute atomic E-state index is 11.0. The molecule has 0 amide bonds. The third-order valence-corrected chi connectivity index (χ3v) is 2.93. The number of hydrogen-bond donors (Lipinski definition) is 1. The molecular formula is C9H12O3S. The van der Waals surface area contributed by atoms with Gasteiger partial charge in [0.25, 0.3) is 0 Å². The third-order valence-electron chi connectivity index (χ3n) is 1.86. The van der Waals surface area contributed by atoms with Gasteiger partial charge in [0.05, 0.1) is 0 Å². The van der Waals surface area contributed by atoms with Gasteiger partial charge in [-0.25, -0.2) is 8.42 Å². The van der Waals surface area contributed by atoms with E-state index in [0.717, 1.165) is 11.8 Å². The molecule has 1 aromatic rings. The van der Waals surface area contributed by atoms with Gasteiger partial charge >= 0.3 is 0 Å². The smallest absolute Gasteiger partial charge is 0.180 e. The lowest BCUT2D eigenvalue weighted by Crippen LogP contribution is -2.11. The van der Waals surface area contributed by atoms with Crippen molar-refractivity contribution in [1.29, 1.82) is 0 Å². The van der Waals surface area contributed by atoms with Crippen LogP contribution in [0.2, 0.25) is 0 Å². The van der Waals surface area contributed by atoms with Crippen molar-refractivity contribution in [3.63, 3.8) is 0 Å². The molecule has 0 aliphatic rings. The highest BCUT2D eigenvalue weighted by Gasteiger charge is 2.20. The van der Waals surface area contributed by atoms with Crippen LogP contribution in [0.4, 0.5) is 0 Å². The van der Waals surface area contributed by atoms with E-state index in [9.17, 15) is 13.5 Å². The van der Waals surface area contributed by atoms with Gasteiger partial charge in [0.1, 0.15) is 0 Å². The number of rotatable bonds is 2. The van der Waals surface area contributed by atoms with E-state index in [-0.39, 0.29) is 0 Å². The molecule has 3 nitrogen and oxygen atoms in total. The van der Waals surface area contributed by atoms with Gasteiger partial charge in [-0.2, -0.15) is 0 Å². The van der Waals surface area contributed by atoms with E-state index < -0.39 is 15.3 Å². The first kappa shape index (κ1) is 10.2. The fraction of sp³-hybridized carbons (Fsp3) is 0.333. The second-order valence-corrected chi connectivity index (χ2v) is 5.14. The van der Waals surface area contributed by atoms with E-state index in [1.165, 1.54) is 0 Å². The van der Waals surface area contributed by atoms with Crippen molar-refractivity contribution in [2.45, 2.75) is 12.4 Å². The Bertz CT molecular complexity index is 395. The molecule has 1 aromatic carbocycles. The Kier molecular flexibility index (Phi) is 2.73. The van der Waals surface area contributed by atoms with Gasteiger partial charge in [-0.05, 0) is 18.1 Å². The number of benzene rings is 1. The van der Waals surface area contributed by atoms with Crippen molar-refractivity contribution in [2.75, 3.05) is 6.26 Å². The zero-order chi connectivity index (χ0) is 10.1. The Morgan fingerprint density at radius 2 is 1.85 bits per heavy atom. The molecule has 72 valence electrons. The summed E-state index contributed by atoms with van der Waals surface area (Å²) in [6.45, 7) is 1.77. The van der Waals surface area contributed by atoms with E-state index in [1.807, 2.05) is 0 Å². The van der Waals surface area contributed by atoms with Crippen LogP contribution < -0.4 is 0 Å². The van der Waals surface area contributed by atoms with Crippen molar-refractivity contribution in [2.24, 2.45) is 0 Å². The van der Waals surface area contributed by atoms with Crippen LogP contribution in [0.15, 0.2) is 24.3 Å². The molecule has 0 spiro atoms. The Morgan fingerprint density at radius 1 is 1.31 bits per heavy atom. The molecule has 0 fully saturated rings. The minimum atomic E-state index is -3.42. The minimum Gasteiger partial charge on any atom is -0.373 e. The zero-order valence-corrected chi connectivity index (χ0v) is 8.38. The molecule has 1 rings (SSSR count). The van der Waals surface area contributed by atoms with E-state index in [2.05, 4.69) is 0 Å². The standard InChI is InChI=1S/C9H12O3S/c1-7-5-3-4-6-8(7)9(10)13(2,11)12/h3-6,9-10H,1-2H3. The van der Waals surface area contributed by atoms with Gasteiger partial charge in [0.15, 0.2) is 15.3 Å². The van der Waals surface area contributed by atoms with Crippen LogP contribution >= 0.6 is 0 Å². The molecule has 0 radical (unpaired) electrons. The van der Waals surface area contributed by atoms with Crippen molar-refractivity contribution >= 4 is 9.84 Å². The first-order valence-electron chi connectivity index (χ1n) is 3.85. The number of hydrogen-bond acceptors (Lipinski definition) is 3. The van der Waals surface area contributed by atoms with E-state index in [4.69, 9.17) is 0 Å². The van der Waals surface area contributed by atoms with E-state index in [0.29, 0.717) is 5.56 Å². The van der Waals surface area contributed by atoms with Gasteiger partial charge in [0, 0.05) is 6.26 Å². The van der Waals surface area contributed by atoms with Crippen LogP contribution in [0.25, 0.3) is 0 Å². The monoisotopic (exact) mass is 200 g/mol. The predicted octanol–water partition coefficient (Wildman–Crippen LogP) is 1.03. The summed E-state index contributed by atoms with van der Waals surface area (Å²) in [7, 11) is -3.42. The number of aliphatic hydroxyl groups excluding tert-OH is 1. The van der Waals surface area contributed by atoms with E-state index >= 15 is 0 Å². The summed E-state index contributed by atoms with van der Waals surface area (Å²) >= 11 is 0. The average molecular weight is 200 g/mol. The van der Waals surface area contributed by atoms with Gasteiger partial charge in [0.2, 0.25) is 0 Å². The highest BCUT2D eigenvalue weighted by Crippen LogP contribution is 2.21. The highest BCUT2D eigenvalue weighted by molar-refractivity contribution is 7.90. The topological polar surface area (TPSA) is 54.4 Å². The number of sulfone groups is 1. The Labute approximate surface area is 77.9 Å². The lowest BCUT2D eigenvalue weighted by Gasteiger charge is -2.10. The fourth-order valence-electron chi connectivity index (χ4n) is 1.09.